The van der Waals surface area contributed by atoms with E-state index in [4.69, 9.17) is 9.15 Å². The van der Waals surface area contributed by atoms with Crippen molar-refractivity contribution in [2.75, 3.05) is 7.11 Å². The number of nitrogens with zero attached hydrogens (tertiary/aromatic N) is 1. The molecular formula is C18H21NO3Si. The lowest BCUT2D eigenvalue weighted by atomic mass is 10.1. The lowest BCUT2D eigenvalue weighted by Gasteiger charge is -2.11. The van der Waals surface area contributed by atoms with Crippen LogP contribution in [0.2, 0.25) is 19.6 Å². The van der Waals surface area contributed by atoms with Crippen LogP contribution >= 0.6 is 0 Å². The van der Waals surface area contributed by atoms with E-state index in [1.165, 1.54) is 0 Å². The van der Waals surface area contributed by atoms with Gasteiger partial charge in [0.05, 0.1) is 17.9 Å². The highest BCUT2D eigenvalue weighted by Gasteiger charge is 2.24. The number of pyridine rings is 1. The number of rotatable bonds is 3. The molecule has 0 atom stereocenters. The van der Waals surface area contributed by atoms with Crippen LogP contribution < -0.4 is 15.7 Å². The number of fused-ring (bicyclic) bond motifs is 1. The standard InChI is InChI=1S/C18H21NO3Si/c1-19-11-15(12-6-8-13(21-2)9-7-12)17-14(18(19)20)10-16(22-17)23(3,4)5/h6-11H,1-5H3. The van der Waals surface area contributed by atoms with Gasteiger partial charge in [-0.15, -0.1) is 0 Å². The van der Waals surface area contributed by atoms with Crippen molar-refractivity contribution in [1.29, 1.82) is 0 Å². The molecule has 0 unspecified atom stereocenters. The molecule has 1 aromatic carbocycles. The molecule has 3 rings (SSSR count). The molecule has 0 spiro atoms. The Hall–Kier alpha value is -2.27. The van der Waals surface area contributed by atoms with Gasteiger partial charge in [0.2, 0.25) is 0 Å². The molecule has 23 heavy (non-hydrogen) atoms. The van der Waals surface area contributed by atoms with Crippen molar-refractivity contribution in [3.8, 4) is 16.9 Å². The molecular weight excluding hydrogens is 306 g/mol. The normalized spacial score (nSPS) is 11.9. The van der Waals surface area contributed by atoms with Crippen molar-refractivity contribution < 1.29 is 9.15 Å². The molecule has 0 bridgehead atoms. The van der Waals surface area contributed by atoms with Crippen molar-refractivity contribution in [3.05, 3.63) is 46.9 Å². The van der Waals surface area contributed by atoms with Crippen LogP contribution in [-0.4, -0.2) is 19.8 Å². The summed E-state index contributed by atoms with van der Waals surface area (Å²) in [5.41, 5.74) is 2.58. The molecule has 2 aromatic heterocycles. The van der Waals surface area contributed by atoms with Crippen LogP contribution in [0.25, 0.3) is 22.1 Å². The Morgan fingerprint density at radius 2 is 1.78 bits per heavy atom. The van der Waals surface area contributed by atoms with E-state index in [1.54, 1.807) is 18.7 Å². The smallest absolute Gasteiger partial charge is 0.261 e. The third-order valence-corrected chi connectivity index (χ3v) is 5.72. The zero-order chi connectivity index (χ0) is 16.8. The van der Waals surface area contributed by atoms with Gasteiger partial charge in [0.1, 0.15) is 19.4 Å². The lowest BCUT2D eigenvalue weighted by molar-refractivity contribution is 0.415. The maximum absolute atomic E-state index is 12.5. The summed E-state index contributed by atoms with van der Waals surface area (Å²) in [5, 5.41) is 1.60. The first-order chi connectivity index (χ1) is 10.8. The van der Waals surface area contributed by atoms with Crippen LogP contribution in [-0.2, 0) is 7.05 Å². The molecule has 3 aromatic rings. The van der Waals surface area contributed by atoms with Crippen molar-refractivity contribution in [2.45, 2.75) is 19.6 Å². The van der Waals surface area contributed by atoms with Gasteiger partial charge in [0, 0.05) is 18.8 Å². The Morgan fingerprint density at radius 1 is 1.13 bits per heavy atom. The van der Waals surface area contributed by atoms with Crippen LogP contribution in [0.1, 0.15) is 0 Å². The van der Waals surface area contributed by atoms with E-state index in [1.807, 2.05) is 36.5 Å². The second kappa shape index (κ2) is 5.42. The summed E-state index contributed by atoms with van der Waals surface area (Å²) in [4.78, 5) is 12.5. The molecule has 2 heterocycles. The highest BCUT2D eigenvalue weighted by atomic mass is 28.3. The maximum atomic E-state index is 12.5. The van der Waals surface area contributed by atoms with E-state index in [9.17, 15) is 4.79 Å². The fourth-order valence-electron chi connectivity index (χ4n) is 2.60. The number of hydrogen-bond donors (Lipinski definition) is 0. The van der Waals surface area contributed by atoms with Crippen molar-refractivity contribution in [2.24, 2.45) is 7.05 Å². The number of aromatic nitrogens is 1. The number of ether oxygens (including phenoxy) is 1. The first-order valence-corrected chi connectivity index (χ1v) is 11.1. The van der Waals surface area contributed by atoms with E-state index in [0.29, 0.717) is 11.0 Å². The zero-order valence-corrected chi connectivity index (χ0v) is 15.1. The topological polar surface area (TPSA) is 44.4 Å². The Kier molecular flexibility index (Phi) is 3.68. The molecule has 0 N–H and O–H groups in total. The SMILES string of the molecule is COc1ccc(-c2cn(C)c(=O)c3cc([Si](C)(C)C)oc23)cc1. The molecule has 0 aliphatic heterocycles. The summed E-state index contributed by atoms with van der Waals surface area (Å²) in [7, 11) is 1.79. The molecule has 0 saturated heterocycles. The average Bonchev–Trinajstić information content (AvgIpc) is 2.97. The van der Waals surface area contributed by atoms with Gasteiger partial charge in [-0.3, -0.25) is 4.79 Å². The van der Waals surface area contributed by atoms with E-state index in [0.717, 1.165) is 22.3 Å². The van der Waals surface area contributed by atoms with Crippen LogP contribution in [0.5, 0.6) is 5.75 Å². The van der Waals surface area contributed by atoms with Gasteiger partial charge in [0.25, 0.3) is 5.56 Å². The number of hydrogen-bond acceptors (Lipinski definition) is 3. The summed E-state index contributed by atoms with van der Waals surface area (Å²) < 4.78 is 13.0. The lowest BCUT2D eigenvalue weighted by Crippen LogP contribution is -2.36. The maximum Gasteiger partial charge on any atom is 0.261 e. The highest BCUT2D eigenvalue weighted by Crippen LogP contribution is 2.29. The van der Waals surface area contributed by atoms with Gasteiger partial charge in [-0.25, -0.2) is 0 Å². The third kappa shape index (κ3) is 2.72. The summed E-state index contributed by atoms with van der Waals surface area (Å²) in [6.07, 6.45) is 1.84. The molecule has 0 fully saturated rings. The minimum absolute atomic E-state index is 0.0227. The Bertz CT molecular complexity index is 914. The minimum atomic E-state index is -1.63. The summed E-state index contributed by atoms with van der Waals surface area (Å²) in [6.45, 7) is 6.63. The van der Waals surface area contributed by atoms with Crippen LogP contribution in [0.3, 0.4) is 0 Å². The Balaban J connectivity index is 2.29. The largest absolute Gasteiger partial charge is 0.497 e. The fraction of sp³-hybridized carbons (Fsp3) is 0.278. The van der Waals surface area contributed by atoms with Gasteiger partial charge in [-0.05, 0) is 23.8 Å². The number of methoxy groups -OCH3 is 1. The van der Waals surface area contributed by atoms with Crippen LogP contribution in [0.15, 0.2) is 45.7 Å². The fourth-order valence-corrected chi connectivity index (χ4v) is 3.58. The van der Waals surface area contributed by atoms with E-state index < -0.39 is 8.07 Å². The van der Waals surface area contributed by atoms with Gasteiger partial charge in [-0.1, -0.05) is 31.8 Å². The molecule has 0 radical (unpaired) electrons. The zero-order valence-electron chi connectivity index (χ0n) is 14.1. The molecule has 5 heteroatoms. The van der Waals surface area contributed by atoms with Crippen molar-refractivity contribution in [1.82, 2.24) is 4.57 Å². The number of benzene rings is 1. The molecule has 0 amide bonds. The third-order valence-electron chi connectivity index (χ3n) is 3.99. The summed E-state index contributed by atoms with van der Waals surface area (Å²) >= 11 is 0. The molecule has 4 nitrogen and oxygen atoms in total. The van der Waals surface area contributed by atoms with Gasteiger partial charge in [0.15, 0.2) is 0 Å². The van der Waals surface area contributed by atoms with Gasteiger partial charge < -0.3 is 13.7 Å². The van der Waals surface area contributed by atoms with Crippen LogP contribution in [0.4, 0.5) is 0 Å². The number of furan rings is 1. The molecule has 0 saturated carbocycles. The molecule has 0 aliphatic rings. The second-order valence-electron chi connectivity index (χ2n) is 6.79. The van der Waals surface area contributed by atoms with Gasteiger partial charge >= 0.3 is 0 Å². The second-order valence-corrected chi connectivity index (χ2v) is 11.8. The monoisotopic (exact) mass is 327 g/mol. The van der Waals surface area contributed by atoms with Crippen molar-refractivity contribution in [3.63, 3.8) is 0 Å². The summed E-state index contributed by atoms with van der Waals surface area (Å²) in [5.74, 6) is 0.803. The van der Waals surface area contributed by atoms with Gasteiger partial charge in [-0.2, -0.15) is 0 Å². The quantitative estimate of drug-likeness (QED) is 0.693. The first kappa shape index (κ1) is 15.6. The first-order valence-electron chi connectivity index (χ1n) is 7.59. The average molecular weight is 327 g/mol. The minimum Gasteiger partial charge on any atom is -0.497 e. The van der Waals surface area contributed by atoms with Crippen molar-refractivity contribution >= 4 is 24.4 Å². The molecule has 0 aliphatic carbocycles. The highest BCUT2D eigenvalue weighted by molar-refractivity contribution is 6.87. The Labute approximate surface area is 136 Å². The van der Waals surface area contributed by atoms with Crippen LogP contribution in [0, 0.1) is 0 Å². The predicted molar refractivity (Wildman–Crippen MR) is 96.4 cm³/mol. The van der Waals surface area contributed by atoms with E-state index >= 15 is 0 Å². The van der Waals surface area contributed by atoms with E-state index in [-0.39, 0.29) is 5.56 Å². The summed E-state index contributed by atoms with van der Waals surface area (Å²) in [6, 6.07) is 9.71. The van der Waals surface area contributed by atoms with E-state index in [2.05, 4.69) is 19.6 Å². The predicted octanol–water partition coefficient (Wildman–Crippen LogP) is 3.35. The Morgan fingerprint density at radius 3 is 2.35 bits per heavy atom. The molecule has 120 valence electrons. The number of aryl methyl sites for hydroxylation is 1.